The van der Waals surface area contributed by atoms with Crippen LogP contribution in [0.5, 0.6) is 0 Å². The zero-order valence-corrected chi connectivity index (χ0v) is 18.2. The molecule has 0 spiro atoms. The van der Waals surface area contributed by atoms with E-state index in [1.165, 1.54) is 0 Å². The Bertz CT molecular complexity index is 1290. The summed E-state index contributed by atoms with van der Waals surface area (Å²) in [6.45, 7) is 1.75. The van der Waals surface area contributed by atoms with Gasteiger partial charge in [-0.2, -0.15) is 30.6 Å². The molecule has 2 aromatic carbocycles. The van der Waals surface area contributed by atoms with Gasteiger partial charge in [0.15, 0.2) is 0 Å². The Kier molecular flexibility index (Phi) is 5.76. The van der Waals surface area contributed by atoms with Crippen LogP contribution in [0.3, 0.4) is 0 Å². The van der Waals surface area contributed by atoms with Crippen molar-refractivity contribution in [2.75, 3.05) is 13.1 Å². The van der Waals surface area contributed by atoms with Gasteiger partial charge in [-0.05, 0) is 61.6 Å². The normalized spacial score (nSPS) is 17.1. The monoisotopic (exact) mass is 490 g/mol. The number of alkyl halides is 6. The number of hydrogen-bond acceptors (Lipinski definition) is 2. The third kappa shape index (κ3) is 4.48. The maximum Gasteiger partial charge on any atom is 0.417 e. The maximum absolute atomic E-state index is 13.4. The van der Waals surface area contributed by atoms with Crippen molar-refractivity contribution in [3.05, 3.63) is 64.8 Å². The van der Waals surface area contributed by atoms with Crippen molar-refractivity contribution in [2.24, 2.45) is 0 Å². The summed E-state index contributed by atoms with van der Waals surface area (Å²) >= 11 is 0. The topological polar surface area (TPSA) is 53.2 Å². The van der Waals surface area contributed by atoms with E-state index in [1.807, 2.05) is 31.3 Å². The first kappa shape index (κ1) is 23.6. The van der Waals surface area contributed by atoms with Crippen LogP contribution in [0.1, 0.15) is 41.0 Å². The molecule has 0 radical (unpaired) electrons. The number of piperidine rings is 1. The van der Waals surface area contributed by atoms with Crippen molar-refractivity contribution in [3.8, 4) is 0 Å². The van der Waals surface area contributed by atoms with Crippen LogP contribution >= 0.6 is 0 Å². The summed E-state index contributed by atoms with van der Waals surface area (Å²) in [5.41, 5.74) is -0.0966. The van der Waals surface area contributed by atoms with E-state index in [0.29, 0.717) is 12.8 Å². The van der Waals surface area contributed by atoms with Gasteiger partial charge in [-0.1, -0.05) is 11.6 Å². The molecule has 0 saturated carbocycles. The highest BCUT2D eigenvalue weighted by Gasteiger charge is 2.42. The fraction of sp³-hybridized carbons (Fsp3) is 0.364. The van der Waals surface area contributed by atoms with E-state index in [4.69, 9.17) is 0 Å². The molecule has 11 heteroatoms. The van der Waals surface area contributed by atoms with Crippen molar-refractivity contribution in [1.29, 1.82) is 0 Å². The maximum atomic E-state index is 13.4. The second-order valence-corrected chi connectivity index (χ2v) is 10.1. The molecule has 1 aromatic heterocycles. The summed E-state index contributed by atoms with van der Waals surface area (Å²) < 4.78 is 107. The summed E-state index contributed by atoms with van der Waals surface area (Å²) in [6.07, 6.45) is -7.59. The van der Waals surface area contributed by atoms with E-state index in [0.717, 1.165) is 26.3 Å². The molecular formula is C22H20F6N2O2S. The number of sulfonamides is 1. The summed E-state index contributed by atoms with van der Waals surface area (Å²) in [6, 6.07) is 6.38. The SMILES string of the molecule is Cc1ccc2[nH]cc(C3CCN(S(=O)(=O)c4cc(C(F)(F)F)ccc4C(F)(F)F)CC3)c2c1. The largest absolute Gasteiger partial charge is 0.417 e. The lowest BCUT2D eigenvalue weighted by Gasteiger charge is -2.32. The number of H-pyrrole nitrogens is 1. The highest BCUT2D eigenvalue weighted by atomic mass is 32.2. The van der Waals surface area contributed by atoms with E-state index in [-0.39, 0.29) is 37.2 Å². The lowest BCUT2D eigenvalue weighted by Crippen LogP contribution is -2.38. The van der Waals surface area contributed by atoms with Gasteiger partial charge < -0.3 is 4.98 Å². The Morgan fingerprint density at radius 3 is 2.21 bits per heavy atom. The fourth-order valence-corrected chi connectivity index (χ4v) is 5.99. The van der Waals surface area contributed by atoms with Crippen LogP contribution in [0.4, 0.5) is 26.3 Å². The van der Waals surface area contributed by atoms with Crippen molar-refractivity contribution >= 4 is 20.9 Å². The first-order chi connectivity index (χ1) is 15.3. The molecule has 178 valence electrons. The van der Waals surface area contributed by atoms with E-state index in [1.54, 1.807) is 0 Å². The third-order valence-corrected chi connectivity index (χ3v) is 7.93. The van der Waals surface area contributed by atoms with E-state index in [2.05, 4.69) is 4.98 Å². The van der Waals surface area contributed by atoms with Gasteiger partial charge in [0.25, 0.3) is 0 Å². The number of nitrogens with zero attached hydrogens (tertiary/aromatic N) is 1. The summed E-state index contributed by atoms with van der Waals surface area (Å²) in [7, 11) is -4.79. The molecule has 3 aromatic rings. The van der Waals surface area contributed by atoms with Crippen molar-refractivity contribution in [3.63, 3.8) is 0 Å². The quantitative estimate of drug-likeness (QED) is 0.453. The molecule has 0 aliphatic carbocycles. The Morgan fingerprint density at radius 1 is 0.939 bits per heavy atom. The first-order valence-corrected chi connectivity index (χ1v) is 11.6. The summed E-state index contributed by atoms with van der Waals surface area (Å²) in [5, 5.41) is 0.994. The molecule has 0 unspecified atom stereocenters. The Labute approximate surface area is 186 Å². The number of aryl methyl sites for hydroxylation is 1. The third-order valence-electron chi connectivity index (χ3n) is 6.00. The molecule has 1 aliphatic heterocycles. The molecule has 1 N–H and O–H groups in total. The van der Waals surface area contributed by atoms with Crippen molar-refractivity contribution in [1.82, 2.24) is 9.29 Å². The van der Waals surface area contributed by atoms with Gasteiger partial charge in [0.05, 0.1) is 16.0 Å². The van der Waals surface area contributed by atoms with Crippen LogP contribution in [0.15, 0.2) is 47.5 Å². The number of fused-ring (bicyclic) bond motifs is 1. The van der Waals surface area contributed by atoms with Gasteiger partial charge in [-0.3, -0.25) is 0 Å². The number of aromatic amines is 1. The molecule has 0 atom stereocenters. The van der Waals surface area contributed by atoms with E-state index in [9.17, 15) is 34.8 Å². The van der Waals surface area contributed by atoms with Crippen LogP contribution in [-0.4, -0.2) is 30.8 Å². The zero-order valence-electron chi connectivity index (χ0n) is 17.4. The van der Waals surface area contributed by atoms with Crippen LogP contribution in [0.25, 0.3) is 10.9 Å². The number of aromatic nitrogens is 1. The van der Waals surface area contributed by atoms with Crippen molar-refractivity contribution < 1.29 is 34.8 Å². The smallest absolute Gasteiger partial charge is 0.361 e. The molecule has 1 aliphatic rings. The highest BCUT2D eigenvalue weighted by molar-refractivity contribution is 7.89. The van der Waals surface area contributed by atoms with E-state index >= 15 is 0 Å². The first-order valence-electron chi connectivity index (χ1n) is 10.1. The minimum atomic E-state index is -5.12. The molecule has 2 heterocycles. The second-order valence-electron chi connectivity index (χ2n) is 8.18. The number of nitrogens with one attached hydrogen (secondary N) is 1. The fourth-order valence-electron chi connectivity index (χ4n) is 4.29. The van der Waals surface area contributed by atoms with Gasteiger partial charge in [-0.25, -0.2) is 8.42 Å². The number of benzene rings is 2. The standard InChI is InChI=1S/C22H20F6N2O2S/c1-13-2-5-19-16(10-13)17(12-29-19)14-6-8-30(9-7-14)33(31,32)20-11-15(21(23,24)25)3-4-18(20)22(26,27)28/h2-5,10-12,14,29H,6-9H2,1H3. The molecule has 1 saturated heterocycles. The minimum Gasteiger partial charge on any atom is -0.361 e. The zero-order chi connectivity index (χ0) is 24.2. The second kappa shape index (κ2) is 8.05. The van der Waals surface area contributed by atoms with E-state index < -0.39 is 38.4 Å². The molecule has 0 bridgehead atoms. The predicted octanol–water partition coefficient (Wildman–Crippen LogP) is 6.08. The van der Waals surface area contributed by atoms with Crippen LogP contribution in [0, 0.1) is 6.92 Å². The lowest BCUT2D eigenvalue weighted by atomic mass is 9.90. The Hall–Kier alpha value is -2.53. The van der Waals surface area contributed by atoms with Crippen LogP contribution in [-0.2, 0) is 22.4 Å². The lowest BCUT2D eigenvalue weighted by molar-refractivity contribution is -0.143. The molecule has 4 nitrogen and oxygen atoms in total. The summed E-state index contributed by atoms with van der Waals surface area (Å²) in [5.74, 6) is -0.0319. The molecule has 33 heavy (non-hydrogen) atoms. The van der Waals surface area contributed by atoms with Gasteiger partial charge in [-0.15, -0.1) is 0 Å². The van der Waals surface area contributed by atoms with Crippen molar-refractivity contribution in [2.45, 2.75) is 42.9 Å². The Balaban J connectivity index is 1.63. The van der Waals surface area contributed by atoms with Gasteiger partial charge in [0.2, 0.25) is 10.0 Å². The van der Waals surface area contributed by atoms with Crippen LogP contribution in [0.2, 0.25) is 0 Å². The highest BCUT2D eigenvalue weighted by Crippen LogP contribution is 2.41. The van der Waals surface area contributed by atoms with Gasteiger partial charge >= 0.3 is 12.4 Å². The molecule has 0 amide bonds. The molecule has 1 fully saturated rings. The molecule has 4 rings (SSSR count). The Morgan fingerprint density at radius 2 is 1.61 bits per heavy atom. The molecular weight excluding hydrogens is 470 g/mol. The minimum absolute atomic E-state index is 0.0319. The number of rotatable bonds is 3. The van der Waals surface area contributed by atoms with Gasteiger partial charge in [0.1, 0.15) is 0 Å². The number of hydrogen-bond donors (Lipinski definition) is 1. The predicted molar refractivity (Wildman–Crippen MR) is 110 cm³/mol. The summed E-state index contributed by atoms with van der Waals surface area (Å²) in [4.78, 5) is 1.79. The van der Waals surface area contributed by atoms with Crippen LogP contribution < -0.4 is 0 Å². The van der Waals surface area contributed by atoms with Gasteiger partial charge in [0, 0.05) is 30.2 Å². The number of halogens is 6. The average Bonchev–Trinajstić information content (AvgIpc) is 3.15. The average molecular weight is 490 g/mol.